The topological polar surface area (TPSA) is 76.5 Å². The van der Waals surface area contributed by atoms with Gasteiger partial charge in [0.1, 0.15) is 12.3 Å². The molecule has 1 aromatic heterocycles. The summed E-state index contributed by atoms with van der Waals surface area (Å²) < 4.78 is 7.30. The molecule has 0 spiro atoms. The van der Waals surface area contributed by atoms with Crippen molar-refractivity contribution in [2.75, 3.05) is 19.7 Å². The van der Waals surface area contributed by atoms with Gasteiger partial charge in [-0.2, -0.15) is 5.10 Å². The standard InChI is InChI=1S/C16H24N4O3/c1-4-20-13(7-11(18-20)10(2)3)16(22)19-6-5-14-12(8-19)17-15(21)9-23-14/h7,10,12,14H,4-6,8-9H2,1-3H3,(H,17,21)/t12-,14+/m0/s1. The van der Waals surface area contributed by atoms with Crippen LogP contribution in [0.25, 0.3) is 0 Å². The Morgan fingerprint density at radius 1 is 1.52 bits per heavy atom. The first kappa shape index (κ1) is 16.0. The van der Waals surface area contributed by atoms with Crippen molar-refractivity contribution in [3.8, 4) is 0 Å². The molecular weight excluding hydrogens is 296 g/mol. The summed E-state index contributed by atoms with van der Waals surface area (Å²) in [6.07, 6.45) is 0.757. The Bertz CT molecular complexity index is 610. The van der Waals surface area contributed by atoms with Gasteiger partial charge in [0.05, 0.1) is 17.8 Å². The van der Waals surface area contributed by atoms with Crippen LogP contribution in [-0.4, -0.2) is 58.3 Å². The minimum Gasteiger partial charge on any atom is -0.366 e. The minimum absolute atomic E-state index is 0.0130. The second-order valence-corrected chi connectivity index (χ2v) is 6.49. The summed E-state index contributed by atoms with van der Waals surface area (Å²) in [7, 11) is 0. The highest BCUT2D eigenvalue weighted by Gasteiger charge is 2.37. The summed E-state index contributed by atoms with van der Waals surface area (Å²) in [5, 5.41) is 7.44. The monoisotopic (exact) mass is 320 g/mol. The van der Waals surface area contributed by atoms with Gasteiger partial charge in [-0.15, -0.1) is 0 Å². The molecule has 7 heteroatoms. The van der Waals surface area contributed by atoms with Crippen LogP contribution >= 0.6 is 0 Å². The molecule has 7 nitrogen and oxygen atoms in total. The van der Waals surface area contributed by atoms with E-state index < -0.39 is 0 Å². The third kappa shape index (κ3) is 3.10. The first-order chi connectivity index (χ1) is 11.0. The molecule has 2 aliphatic rings. The van der Waals surface area contributed by atoms with Gasteiger partial charge in [-0.25, -0.2) is 0 Å². The number of nitrogens with one attached hydrogen (secondary N) is 1. The fourth-order valence-electron chi connectivity index (χ4n) is 3.18. The summed E-state index contributed by atoms with van der Waals surface area (Å²) in [5.74, 6) is 0.150. The van der Waals surface area contributed by atoms with Crippen LogP contribution in [0, 0.1) is 0 Å². The predicted octanol–water partition coefficient (Wildman–Crippen LogP) is 0.756. The van der Waals surface area contributed by atoms with Gasteiger partial charge in [-0.3, -0.25) is 14.3 Å². The van der Waals surface area contributed by atoms with Crippen molar-refractivity contribution < 1.29 is 14.3 Å². The molecule has 1 aromatic rings. The normalized spacial score (nSPS) is 24.5. The highest BCUT2D eigenvalue weighted by Crippen LogP contribution is 2.21. The molecule has 2 amide bonds. The van der Waals surface area contributed by atoms with Crippen LogP contribution in [0.5, 0.6) is 0 Å². The van der Waals surface area contributed by atoms with Crippen molar-refractivity contribution in [1.82, 2.24) is 20.0 Å². The molecule has 0 bridgehead atoms. The Morgan fingerprint density at radius 2 is 2.30 bits per heavy atom. The van der Waals surface area contributed by atoms with E-state index in [4.69, 9.17) is 4.74 Å². The van der Waals surface area contributed by atoms with Gasteiger partial charge in [0, 0.05) is 19.6 Å². The second-order valence-electron chi connectivity index (χ2n) is 6.49. The number of piperidine rings is 1. The molecule has 2 atom stereocenters. The van der Waals surface area contributed by atoms with E-state index in [1.54, 1.807) is 9.58 Å². The second kappa shape index (κ2) is 6.31. The largest absolute Gasteiger partial charge is 0.366 e. The lowest BCUT2D eigenvalue weighted by Gasteiger charge is -2.41. The average Bonchev–Trinajstić information content (AvgIpc) is 2.98. The zero-order valence-electron chi connectivity index (χ0n) is 13.9. The van der Waals surface area contributed by atoms with Crippen LogP contribution in [0.4, 0.5) is 0 Å². The molecule has 23 heavy (non-hydrogen) atoms. The number of nitrogens with zero attached hydrogens (tertiary/aromatic N) is 3. The van der Waals surface area contributed by atoms with Gasteiger partial charge in [-0.1, -0.05) is 13.8 Å². The first-order valence-corrected chi connectivity index (χ1v) is 8.27. The molecule has 0 aliphatic carbocycles. The average molecular weight is 320 g/mol. The van der Waals surface area contributed by atoms with Crippen molar-refractivity contribution >= 4 is 11.8 Å². The predicted molar refractivity (Wildman–Crippen MR) is 84.2 cm³/mol. The molecule has 0 saturated carbocycles. The summed E-state index contributed by atoms with van der Waals surface area (Å²) in [5.41, 5.74) is 1.55. The molecule has 0 aromatic carbocycles. The SMILES string of the molecule is CCn1nc(C(C)C)cc1C(=O)N1CC[C@H]2OCC(=O)N[C@H]2C1. The molecule has 2 saturated heterocycles. The van der Waals surface area contributed by atoms with Gasteiger partial charge in [0.15, 0.2) is 0 Å². The van der Waals surface area contributed by atoms with Crippen molar-refractivity contribution in [2.45, 2.75) is 51.8 Å². The molecule has 0 radical (unpaired) electrons. The van der Waals surface area contributed by atoms with Crippen molar-refractivity contribution in [3.63, 3.8) is 0 Å². The van der Waals surface area contributed by atoms with E-state index in [0.29, 0.717) is 25.3 Å². The number of rotatable bonds is 3. The number of carbonyl (C=O) groups is 2. The van der Waals surface area contributed by atoms with Crippen molar-refractivity contribution in [1.29, 1.82) is 0 Å². The van der Waals surface area contributed by atoms with Gasteiger partial charge in [-0.05, 0) is 25.3 Å². The third-order valence-electron chi connectivity index (χ3n) is 4.52. The van der Waals surface area contributed by atoms with E-state index in [1.165, 1.54) is 0 Å². The summed E-state index contributed by atoms with van der Waals surface area (Å²) in [4.78, 5) is 26.2. The maximum atomic E-state index is 12.9. The highest BCUT2D eigenvalue weighted by atomic mass is 16.5. The van der Waals surface area contributed by atoms with E-state index in [1.807, 2.05) is 13.0 Å². The van der Waals surface area contributed by atoms with Crippen LogP contribution < -0.4 is 5.32 Å². The highest BCUT2D eigenvalue weighted by molar-refractivity contribution is 5.93. The lowest BCUT2D eigenvalue weighted by Crippen LogP contribution is -2.61. The number of morpholine rings is 1. The zero-order valence-corrected chi connectivity index (χ0v) is 13.9. The molecule has 3 heterocycles. The van der Waals surface area contributed by atoms with Gasteiger partial charge < -0.3 is 15.0 Å². The maximum Gasteiger partial charge on any atom is 0.272 e. The number of aromatic nitrogens is 2. The van der Waals surface area contributed by atoms with Crippen molar-refractivity contribution in [2.24, 2.45) is 0 Å². The Hall–Kier alpha value is -1.89. The molecule has 1 N–H and O–H groups in total. The lowest BCUT2D eigenvalue weighted by molar-refractivity contribution is -0.139. The van der Waals surface area contributed by atoms with E-state index in [9.17, 15) is 9.59 Å². The lowest BCUT2D eigenvalue weighted by atomic mass is 10.00. The third-order valence-corrected chi connectivity index (χ3v) is 4.52. The number of hydrogen-bond acceptors (Lipinski definition) is 4. The maximum absolute atomic E-state index is 12.9. The van der Waals surface area contributed by atoms with Crippen LogP contribution in [0.1, 0.15) is 49.3 Å². The van der Waals surface area contributed by atoms with Gasteiger partial charge in [0.2, 0.25) is 5.91 Å². The molecule has 2 fully saturated rings. The molecule has 2 aliphatic heterocycles. The Morgan fingerprint density at radius 3 is 3.00 bits per heavy atom. The number of aryl methyl sites for hydroxylation is 1. The fraction of sp³-hybridized carbons (Fsp3) is 0.688. The molecule has 126 valence electrons. The van der Waals surface area contributed by atoms with Gasteiger partial charge >= 0.3 is 0 Å². The van der Waals surface area contributed by atoms with Crippen LogP contribution in [0.2, 0.25) is 0 Å². The van der Waals surface area contributed by atoms with E-state index in [2.05, 4.69) is 24.3 Å². The van der Waals surface area contributed by atoms with Crippen molar-refractivity contribution in [3.05, 3.63) is 17.5 Å². The van der Waals surface area contributed by atoms with E-state index in [-0.39, 0.29) is 36.5 Å². The first-order valence-electron chi connectivity index (χ1n) is 8.27. The Labute approximate surface area is 136 Å². The molecule has 3 rings (SSSR count). The minimum atomic E-state index is -0.114. The fourth-order valence-corrected chi connectivity index (χ4v) is 3.18. The smallest absolute Gasteiger partial charge is 0.272 e. The number of ether oxygens (including phenoxy) is 1. The number of hydrogen-bond donors (Lipinski definition) is 1. The summed E-state index contributed by atoms with van der Waals surface area (Å²) in [6, 6.07) is 1.77. The van der Waals surface area contributed by atoms with Crippen LogP contribution in [0.15, 0.2) is 6.07 Å². The summed E-state index contributed by atoms with van der Waals surface area (Å²) >= 11 is 0. The number of carbonyl (C=O) groups excluding carboxylic acids is 2. The number of amides is 2. The van der Waals surface area contributed by atoms with Crippen LogP contribution in [0.3, 0.4) is 0 Å². The Kier molecular flexibility index (Phi) is 4.39. The number of fused-ring (bicyclic) bond motifs is 1. The number of likely N-dealkylation sites (tertiary alicyclic amines) is 1. The summed E-state index contributed by atoms with van der Waals surface area (Å²) in [6.45, 7) is 8.02. The van der Waals surface area contributed by atoms with Crippen LogP contribution in [-0.2, 0) is 16.1 Å². The van der Waals surface area contributed by atoms with E-state index in [0.717, 1.165) is 12.1 Å². The van der Waals surface area contributed by atoms with E-state index >= 15 is 0 Å². The molecular formula is C16H24N4O3. The Balaban J connectivity index is 1.77. The van der Waals surface area contributed by atoms with Gasteiger partial charge in [0.25, 0.3) is 5.91 Å². The zero-order chi connectivity index (χ0) is 16.6. The quantitative estimate of drug-likeness (QED) is 0.892. The molecule has 0 unspecified atom stereocenters.